The highest BCUT2D eigenvalue weighted by Crippen LogP contribution is 2.17. The molecule has 0 unspecified atom stereocenters. The number of rotatable bonds is 8. The molecule has 0 bridgehead atoms. The second-order valence-electron chi connectivity index (χ2n) is 7.29. The molecule has 0 saturated heterocycles. The van der Waals surface area contributed by atoms with E-state index in [-0.39, 0.29) is 6.04 Å². The van der Waals surface area contributed by atoms with Gasteiger partial charge in [0.25, 0.3) is 0 Å². The molecular weight excluding hydrogens is 384 g/mol. The van der Waals surface area contributed by atoms with E-state index in [4.69, 9.17) is 0 Å². The first kappa shape index (κ1) is 22.9. The van der Waals surface area contributed by atoms with Crippen LogP contribution in [0.5, 0.6) is 0 Å². The summed E-state index contributed by atoms with van der Waals surface area (Å²) >= 11 is 0. The molecule has 2 rings (SSSR count). The van der Waals surface area contributed by atoms with Gasteiger partial charge < -0.3 is 10.6 Å². The first-order chi connectivity index (χ1) is 13.7. The molecule has 0 amide bonds. The normalized spacial score (nSPS) is 12.4. The van der Waals surface area contributed by atoms with Gasteiger partial charge in [0, 0.05) is 26.2 Å². The summed E-state index contributed by atoms with van der Waals surface area (Å²) in [6.45, 7) is 9.71. The van der Waals surface area contributed by atoms with Crippen LogP contribution >= 0.6 is 0 Å². The van der Waals surface area contributed by atoms with Gasteiger partial charge in [-0.05, 0) is 51.0 Å². The zero-order valence-electron chi connectivity index (χ0n) is 17.9. The number of aryl methyl sites for hydroxylation is 1. The van der Waals surface area contributed by atoms with E-state index in [0.717, 1.165) is 18.1 Å². The molecule has 0 radical (unpaired) electrons. The Kier molecular flexibility index (Phi) is 8.22. The van der Waals surface area contributed by atoms with E-state index in [1.165, 1.54) is 15.4 Å². The fraction of sp³-hybridized carbons (Fsp3) is 0.409. The third-order valence-electron chi connectivity index (χ3n) is 4.67. The van der Waals surface area contributed by atoms with Gasteiger partial charge in [0.2, 0.25) is 10.0 Å². The summed E-state index contributed by atoms with van der Waals surface area (Å²) in [5.74, 6) is 0.726. The van der Waals surface area contributed by atoms with Crippen molar-refractivity contribution in [3.8, 4) is 0 Å². The van der Waals surface area contributed by atoms with Gasteiger partial charge >= 0.3 is 0 Å². The largest absolute Gasteiger partial charge is 0.357 e. The molecule has 6 nitrogen and oxygen atoms in total. The van der Waals surface area contributed by atoms with E-state index >= 15 is 0 Å². The molecule has 0 aliphatic rings. The number of hydrogen-bond acceptors (Lipinski definition) is 3. The number of nitrogens with zero attached hydrogens (tertiary/aromatic N) is 2. The van der Waals surface area contributed by atoms with E-state index in [0.29, 0.717) is 18.0 Å². The minimum absolute atomic E-state index is 0.0912. The predicted molar refractivity (Wildman–Crippen MR) is 119 cm³/mol. The Bertz CT molecular complexity index is 905. The molecule has 0 aromatic heterocycles. The van der Waals surface area contributed by atoms with Gasteiger partial charge in [0.1, 0.15) is 0 Å². The first-order valence-corrected chi connectivity index (χ1v) is 11.3. The lowest BCUT2D eigenvalue weighted by Crippen LogP contribution is -2.36. The zero-order chi connectivity index (χ0) is 21.4. The summed E-state index contributed by atoms with van der Waals surface area (Å²) in [6, 6.07) is 15.2. The second-order valence-corrected chi connectivity index (χ2v) is 9.29. The summed E-state index contributed by atoms with van der Waals surface area (Å²) in [5.41, 5.74) is 3.37. The minimum Gasteiger partial charge on any atom is -0.357 e. The number of sulfonamides is 1. The zero-order valence-corrected chi connectivity index (χ0v) is 18.8. The van der Waals surface area contributed by atoms with E-state index < -0.39 is 10.0 Å². The molecule has 0 heterocycles. The smallest absolute Gasteiger partial charge is 0.243 e. The highest BCUT2D eigenvalue weighted by atomic mass is 32.2. The second kappa shape index (κ2) is 10.4. The van der Waals surface area contributed by atoms with Gasteiger partial charge in [-0.15, -0.1) is 0 Å². The van der Waals surface area contributed by atoms with Gasteiger partial charge in [0.15, 0.2) is 5.96 Å². The number of guanidine groups is 1. The van der Waals surface area contributed by atoms with Gasteiger partial charge in [0.05, 0.1) is 11.4 Å². The Morgan fingerprint density at radius 1 is 1.00 bits per heavy atom. The van der Waals surface area contributed by atoms with Gasteiger partial charge in [-0.25, -0.2) is 13.4 Å². The molecule has 2 aromatic carbocycles. The molecule has 2 N–H and O–H groups in total. The molecule has 0 atom stereocenters. The molecule has 29 heavy (non-hydrogen) atoms. The fourth-order valence-corrected chi connectivity index (χ4v) is 3.98. The fourth-order valence-electron chi connectivity index (χ4n) is 2.61. The van der Waals surface area contributed by atoms with E-state index in [2.05, 4.69) is 46.8 Å². The third-order valence-corrected chi connectivity index (χ3v) is 6.72. The SMILES string of the molecule is CCNC(=NCc1ccc(S(=O)(=O)N(C)C(C)C)cc1)NCc1ccc(C)cc1. The molecule has 158 valence electrons. The van der Waals surface area contributed by atoms with Crippen LogP contribution in [0.25, 0.3) is 0 Å². The van der Waals surface area contributed by atoms with Crippen molar-refractivity contribution in [3.05, 3.63) is 65.2 Å². The lowest BCUT2D eigenvalue weighted by Gasteiger charge is -2.21. The maximum absolute atomic E-state index is 12.6. The number of nitrogens with one attached hydrogen (secondary N) is 2. The maximum Gasteiger partial charge on any atom is 0.243 e. The van der Waals surface area contributed by atoms with Crippen molar-refractivity contribution in [2.45, 2.75) is 51.7 Å². The van der Waals surface area contributed by atoms with Crippen molar-refractivity contribution in [1.82, 2.24) is 14.9 Å². The average Bonchev–Trinajstić information content (AvgIpc) is 2.71. The van der Waals surface area contributed by atoms with Crippen molar-refractivity contribution in [2.24, 2.45) is 4.99 Å². The van der Waals surface area contributed by atoms with E-state index in [9.17, 15) is 8.42 Å². The van der Waals surface area contributed by atoms with Crippen LogP contribution in [0.2, 0.25) is 0 Å². The molecule has 2 aromatic rings. The lowest BCUT2D eigenvalue weighted by atomic mass is 10.1. The van der Waals surface area contributed by atoms with Crippen molar-refractivity contribution < 1.29 is 8.42 Å². The lowest BCUT2D eigenvalue weighted by molar-refractivity contribution is 0.410. The Balaban J connectivity index is 2.04. The van der Waals surface area contributed by atoms with Gasteiger partial charge in [-0.2, -0.15) is 4.31 Å². The Labute approximate surface area is 175 Å². The van der Waals surface area contributed by atoms with Crippen LogP contribution in [0, 0.1) is 6.92 Å². The molecule has 7 heteroatoms. The monoisotopic (exact) mass is 416 g/mol. The summed E-state index contributed by atoms with van der Waals surface area (Å²) < 4.78 is 26.5. The standard InChI is InChI=1S/C22H32N4O2S/c1-6-23-22(24-15-19-9-7-18(4)8-10-19)25-16-20-11-13-21(14-12-20)29(27,28)26(5)17(2)3/h7-14,17H,6,15-16H2,1-5H3,(H2,23,24,25). The molecular formula is C22H32N4O2S. The highest BCUT2D eigenvalue weighted by molar-refractivity contribution is 7.89. The molecule has 0 fully saturated rings. The number of aliphatic imine (C=N–C) groups is 1. The number of hydrogen-bond donors (Lipinski definition) is 2. The third kappa shape index (κ3) is 6.58. The highest BCUT2D eigenvalue weighted by Gasteiger charge is 2.22. The maximum atomic E-state index is 12.6. The summed E-state index contributed by atoms with van der Waals surface area (Å²) in [7, 11) is -1.87. The van der Waals surface area contributed by atoms with Crippen LogP contribution in [-0.4, -0.2) is 38.3 Å². The molecule has 0 saturated carbocycles. The van der Waals surface area contributed by atoms with E-state index in [1.807, 2.05) is 32.9 Å². The van der Waals surface area contributed by atoms with Crippen LogP contribution in [-0.2, 0) is 23.1 Å². The Morgan fingerprint density at radius 2 is 1.59 bits per heavy atom. The summed E-state index contributed by atoms with van der Waals surface area (Å²) in [6.07, 6.45) is 0. The van der Waals surface area contributed by atoms with Crippen LogP contribution in [0.3, 0.4) is 0 Å². The van der Waals surface area contributed by atoms with Crippen molar-refractivity contribution in [2.75, 3.05) is 13.6 Å². The summed E-state index contributed by atoms with van der Waals surface area (Å²) in [4.78, 5) is 4.90. The van der Waals surface area contributed by atoms with Crippen LogP contribution in [0.4, 0.5) is 0 Å². The Morgan fingerprint density at radius 3 is 2.14 bits per heavy atom. The first-order valence-electron chi connectivity index (χ1n) is 9.88. The van der Waals surface area contributed by atoms with Crippen LogP contribution in [0.1, 0.15) is 37.5 Å². The molecule has 0 aliphatic carbocycles. The predicted octanol–water partition coefficient (Wildman–Crippen LogP) is 3.28. The van der Waals surface area contributed by atoms with Crippen molar-refractivity contribution in [1.29, 1.82) is 0 Å². The Hall–Kier alpha value is -2.38. The van der Waals surface area contributed by atoms with Crippen molar-refractivity contribution >= 4 is 16.0 Å². The molecule has 0 spiro atoms. The van der Waals surface area contributed by atoms with Crippen LogP contribution < -0.4 is 10.6 Å². The quantitative estimate of drug-likeness (QED) is 0.512. The van der Waals surface area contributed by atoms with Gasteiger partial charge in [-0.1, -0.05) is 42.0 Å². The minimum atomic E-state index is -3.46. The van der Waals surface area contributed by atoms with Crippen LogP contribution in [0.15, 0.2) is 58.4 Å². The van der Waals surface area contributed by atoms with Crippen molar-refractivity contribution in [3.63, 3.8) is 0 Å². The average molecular weight is 417 g/mol. The van der Waals surface area contributed by atoms with Gasteiger partial charge in [-0.3, -0.25) is 0 Å². The number of benzene rings is 2. The summed E-state index contributed by atoms with van der Waals surface area (Å²) in [5, 5.41) is 6.56. The topological polar surface area (TPSA) is 73.8 Å². The van der Waals surface area contributed by atoms with E-state index in [1.54, 1.807) is 19.2 Å². The molecule has 0 aliphatic heterocycles.